The van der Waals surface area contributed by atoms with Crippen LogP contribution in [0.5, 0.6) is 0 Å². The number of aryl methyl sites for hydroxylation is 1. The van der Waals surface area contributed by atoms with Gasteiger partial charge in [0.15, 0.2) is 0 Å². The Bertz CT molecular complexity index is 286. The summed E-state index contributed by atoms with van der Waals surface area (Å²) in [6.45, 7) is 11.0. The average Bonchev–Trinajstić information content (AvgIpc) is 2.49. The van der Waals surface area contributed by atoms with Crippen LogP contribution in [0.15, 0.2) is 5.38 Å². The number of rotatable bonds is 5. The third-order valence-electron chi connectivity index (χ3n) is 2.28. The van der Waals surface area contributed by atoms with Gasteiger partial charge in [-0.3, -0.25) is 0 Å². The van der Waals surface area contributed by atoms with Crippen molar-refractivity contribution < 1.29 is 0 Å². The Hall–Kier alpha value is -0.410. The fourth-order valence-electron chi connectivity index (χ4n) is 1.33. The molecule has 1 aromatic heterocycles. The quantitative estimate of drug-likeness (QED) is 0.781. The lowest BCUT2D eigenvalue weighted by Gasteiger charge is -2.17. The molecule has 15 heavy (non-hydrogen) atoms. The van der Waals surface area contributed by atoms with Gasteiger partial charge in [-0.25, -0.2) is 4.98 Å². The van der Waals surface area contributed by atoms with Crippen molar-refractivity contribution in [3.63, 3.8) is 0 Å². The number of aromatic nitrogens is 1. The molecular formula is C12H22N2S. The van der Waals surface area contributed by atoms with Crippen LogP contribution in [0.2, 0.25) is 0 Å². The topological polar surface area (TPSA) is 24.9 Å². The van der Waals surface area contributed by atoms with Gasteiger partial charge in [-0.15, -0.1) is 11.3 Å². The zero-order valence-electron chi connectivity index (χ0n) is 10.3. The Morgan fingerprint density at radius 1 is 1.33 bits per heavy atom. The van der Waals surface area contributed by atoms with Gasteiger partial charge in [-0.1, -0.05) is 20.8 Å². The first-order valence-corrected chi connectivity index (χ1v) is 6.47. The Labute approximate surface area is 97.1 Å². The van der Waals surface area contributed by atoms with Crippen LogP contribution in [0, 0.1) is 12.3 Å². The summed E-state index contributed by atoms with van der Waals surface area (Å²) in [6, 6.07) is 0. The molecular weight excluding hydrogens is 204 g/mol. The maximum atomic E-state index is 4.44. The van der Waals surface area contributed by atoms with E-state index >= 15 is 0 Å². The smallest absolute Gasteiger partial charge is 0.0897 e. The predicted molar refractivity (Wildman–Crippen MR) is 67.5 cm³/mol. The van der Waals surface area contributed by atoms with Gasteiger partial charge in [0, 0.05) is 18.3 Å². The third kappa shape index (κ3) is 5.90. The van der Waals surface area contributed by atoms with Crippen LogP contribution in [-0.4, -0.2) is 18.1 Å². The van der Waals surface area contributed by atoms with E-state index in [4.69, 9.17) is 0 Å². The molecule has 0 amide bonds. The molecule has 0 atom stereocenters. The van der Waals surface area contributed by atoms with Gasteiger partial charge in [0.1, 0.15) is 0 Å². The fraction of sp³-hybridized carbons (Fsp3) is 0.750. The van der Waals surface area contributed by atoms with Crippen molar-refractivity contribution in [2.24, 2.45) is 5.41 Å². The molecule has 0 aromatic carbocycles. The van der Waals surface area contributed by atoms with Crippen LogP contribution in [0.25, 0.3) is 0 Å². The Balaban J connectivity index is 2.07. The number of thiazole rings is 1. The van der Waals surface area contributed by atoms with Crippen LogP contribution in [0.1, 0.15) is 37.9 Å². The normalized spacial score (nSPS) is 12.0. The van der Waals surface area contributed by atoms with Crippen molar-refractivity contribution in [2.75, 3.05) is 13.1 Å². The second-order valence-corrected chi connectivity index (χ2v) is 6.23. The molecule has 0 aliphatic rings. The van der Waals surface area contributed by atoms with E-state index in [0.717, 1.165) is 19.5 Å². The highest BCUT2D eigenvalue weighted by atomic mass is 32.1. The van der Waals surface area contributed by atoms with E-state index in [1.165, 1.54) is 17.1 Å². The molecule has 0 saturated carbocycles. The molecule has 0 unspecified atom stereocenters. The Morgan fingerprint density at radius 2 is 2.07 bits per heavy atom. The average molecular weight is 226 g/mol. The summed E-state index contributed by atoms with van der Waals surface area (Å²) < 4.78 is 0. The molecule has 1 N–H and O–H groups in total. The lowest BCUT2D eigenvalue weighted by atomic mass is 9.92. The monoisotopic (exact) mass is 226 g/mol. The first-order chi connectivity index (χ1) is 6.97. The molecule has 0 saturated heterocycles. The van der Waals surface area contributed by atoms with Gasteiger partial charge in [0.05, 0.1) is 10.7 Å². The lowest BCUT2D eigenvalue weighted by Crippen LogP contribution is -2.22. The highest BCUT2D eigenvalue weighted by Crippen LogP contribution is 2.16. The van der Waals surface area contributed by atoms with Crippen LogP contribution in [-0.2, 0) is 6.42 Å². The maximum absolute atomic E-state index is 4.44. The molecule has 0 radical (unpaired) electrons. The van der Waals surface area contributed by atoms with Gasteiger partial charge < -0.3 is 5.32 Å². The Kier molecular flexibility index (Phi) is 4.74. The minimum absolute atomic E-state index is 0.435. The fourth-order valence-corrected chi connectivity index (χ4v) is 1.98. The molecule has 3 heteroatoms. The van der Waals surface area contributed by atoms with Crippen molar-refractivity contribution in [2.45, 2.75) is 40.5 Å². The molecule has 86 valence electrons. The van der Waals surface area contributed by atoms with Gasteiger partial charge in [0.2, 0.25) is 0 Å². The van der Waals surface area contributed by atoms with Gasteiger partial charge in [-0.2, -0.15) is 0 Å². The summed E-state index contributed by atoms with van der Waals surface area (Å²) in [5, 5.41) is 6.78. The first-order valence-electron chi connectivity index (χ1n) is 5.59. The minimum atomic E-state index is 0.435. The summed E-state index contributed by atoms with van der Waals surface area (Å²) in [6.07, 6.45) is 2.28. The van der Waals surface area contributed by atoms with E-state index < -0.39 is 0 Å². The summed E-state index contributed by atoms with van der Waals surface area (Å²) in [7, 11) is 0. The van der Waals surface area contributed by atoms with Crippen LogP contribution in [0.4, 0.5) is 0 Å². The van der Waals surface area contributed by atoms with E-state index in [1.807, 2.05) is 0 Å². The van der Waals surface area contributed by atoms with Gasteiger partial charge >= 0.3 is 0 Å². The molecule has 0 aliphatic heterocycles. The molecule has 1 rings (SSSR count). The number of nitrogens with one attached hydrogen (secondary N) is 1. The number of nitrogens with zero attached hydrogens (tertiary/aromatic N) is 1. The lowest BCUT2D eigenvalue weighted by molar-refractivity contribution is 0.367. The summed E-state index contributed by atoms with van der Waals surface area (Å²) >= 11 is 1.73. The second-order valence-electron chi connectivity index (χ2n) is 5.17. The van der Waals surface area contributed by atoms with Crippen molar-refractivity contribution in [1.82, 2.24) is 10.3 Å². The predicted octanol–water partition coefficient (Wildman–Crippen LogP) is 3.02. The molecule has 0 aliphatic carbocycles. The highest BCUT2D eigenvalue weighted by Gasteiger charge is 2.08. The van der Waals surface area contributed by atoms with E-state index in [-0.39, 0.29) is 0 Å². The van der Waals surface area contributed by atoms with Crippen molar-refractivity contribution in [3.05, 3.63) is 16.1 Å². The third-order valence-corrected chi connectivity index (χ3v) is 3.10. The SMILES string of the molecule is Cc1nc(CCNCCC(C)(C)C)cs1. The zero-order valence-corrected chi connectivity index (χ0v) is 11.1. The summed E-state index contributed by atoms with van der Waals surface area (Å²) in [4.78, 5) is 4.44. The molecule has 1 aromatic rings. The largest absolute Gasteiger partial charge is 0.316 e. The van der Waals surface area contributed by atoms with E-state index in [2.05, 4.69) is 43.4 Å². The van der Waals surface area contributed by atoms with E-state index in [9.17, 15) is 0 Å². The number of hydrogen-bond acceptors (Lipinski definition) is 3. The van der Waals surface area contributed by atoms with Crippen molar-refractivity contribution in [3.8, 4) is 0 Å². The van der Waals surface area contributed by atoms with Crippen molar-refractivity contribution in [1.29, 1.82) is 0 Å². The zero-order chi connectivity index (χ0) is 11.3. The van der Waals surface area contributed by atoms with Gasteiger partial charge in [-0.05, 0) is 25.3 Å². The summed E-state index contributed by atoms with van der Waals surface area (Å²) in [5.74, 6) is 0. The Morgan fingerprint density at radius 3 is 2.60 bits per heavy atom. The highest BCUT2D eigenvalue weighted by molar-refractivity contribution is 7.09. The van der Waals surface area contributed by atoms with Crippen LogP contribution >= 0.6 is 11.3 Å². The second kappa shape index (κ2) is 5.61. The summed E-state index contributed by atoms with van der Waals surface area (Å²) in [5.41, 5.74) is 1.66. The minimum Gasteiger partial charge on any atom is -0.316 e. The van der Waals surface area contributed by atoms with E-state index in [0.29, 0.717) is 5.41 Å². The molecule has 2 nitrogen and oxygen atoms in total. The van der Waals surface area contributed by atoms with Crippen molar-refractivity contribution >= 4 is 11.3 Å². The standard InChI is InChI=1S/C12H22N2S/c1-10-14-11(9-15-10)5-7-13-8-6-12(2,3)4/h9,13H,5-8H2,1-4H3. The molecule has 0 fully saturated rings. The maximum Gasteiger partial charge on any atom is 0.0897 e. The van der Waals surface area contributed by atoms with Gasteiger partial charge in [0.25, 0.3) is 0 Å². The molecule has 1 heterocycles. The van der Waals surface area contributed by atoms with Crippen LogP contribution < -0.4 is 5.32 Å². The molecule has 0 bridgehead atoms. The number of hydrogen-bond donors (Lipinski definition) is 1. The van der Waals surface area contributed by atoms with Crippen LogP contribution in [0.3, 0.4) is 0 Å². The van der Waals surface area contributed by atoms with E-state index in [1.54, 1.807) is 11.3 Å². The first kappa shape index (κ1) is 12.7. The molecule has 0 spiro atoms.